The van der Waals surface area contributed by atoms with E-state index in [1.807, 2.05) is 0 Å². The fourth-order valence-electron chi connectivity index (χ4n) is 1.64. The van der Waals surface area contributed by atoms with Gasteiger partial charge in [0.25, 0.3) is 11.6 Å². The number of nitrogens with one attached hydrogen (secondary N) is 1. The quantitative estimate of drug-likeness (QED) is 0.696. The molecule has 2 rings (SSSR count). The molecule has 0 unspecified atom stereocenters. The molecular formula is C13H9ClFN3O3. The molecule has 8 heteroatoms. The van der Waals surface area contributed by atoms with Crippen LogP contribution < -0.4 is 5.32 Å². The topological polar surface area (TPSA) is 85.1 Å². The molecule has 0 aliphatic carbocycles. The van der Waals surface area contributed by atoms with E-state index in [1.54, 1.807) is 6.92 Å². The zero-order chi connectivity index (χ0) is 15.6. The second-order valence-corrected chi connectivity index (χ2v) is 4.62. The van der Waals surface area contributed by atoms with Crippen molar-refractivity contribution in [3.05, 3.63) is 62.7 Å². The number of rotatable bonds is 3. The van der Waals surface area contributed by atoms with Gasteiger partial charge in [0.15, 0.2) is 0 Å². The third-order valence-electron chi connectivity index (χ3n) is 2.59. The molecule has 1 N–H and O–H groups in total. The number of carbonyl (C=O) groups is 1. The molecule has 0 fully saturated rings. The maximum absolute atomic E-state index is 13.3. The number of aryl methyl sites for hydroxylation is 1. The molecule has 0 saturated heterocycles. The molecule has 0 spiro atoms. The average molecular weight is 310 g/mol. The number of anilines is 1. The van der Waals surface area contributed by atoms with E-state index < -0.39 is 22.3 Å². The highest BCUT2D eigenvalue weighted by Crippen LogP contribution is 2.22. The Kier molecular flexibility index (Phi) is 4.13. The van der Waals surface area contributed by atoms with Crippen molar-refractivity contribution in [3.8, 4) is 0 Å². The number of hydrogen-bond donors (Lipinski definition) is 1. The first kappa shape index (κ1) is 14.9. The van der Waals surface area contributed by atoms with Crippen LogP contribution in [0.4, 0.5) is 15.8 Å². The van der Waals surface area contributed by atoms with Crippen LogP contribution >= 0.6 is 11.6 Å². The number of hydrogen-bond acceptors (Lipinski definition) is 4. The molecule has 2 aromatic rings. The number of carbonyl (C=O) groups excluding carboxylic acids is 1. The third-order valence-corrected chi connectivity index (χ3v) is 2.90. The van der Waals surface area contributed by atoms with E-state index in [-0.39, 0.29) is 16.3 Å². The number of nitro benzene ring substituents is 1. The van der Waals surface area contributed by atoms with E-state index in [2.05, 4.69) is 10.3 Å². The molecule has 0 radical (unpaired) electrons. The maximum Gasteiger partial charge on any atom is 0.274 e. The van der Waals surface area contributed by atoms with Gasteiger partial charge in [0, 0.05) is 18.0 Å². The minimum absolute atomic E-state index is 0.0386. The standard InChI is InChI=1S/C13H9ClFN3O3/c1-7-2-12(14)11(6-16-7)13(19)17-9-3-8(15)4-10(5-9)18(20)21/h2-6H,1H3,(H,17,19). The highest BCUT2D eigenvalue weighted by molar-refractivity contribution is 6.34. The van der Waals surface area contributed by atoms with E-state index in [0.29, 0.717) is 5.69 Å². The van der Waals surface area contributed by atoms with Crippen LogP contribution in [0, 0.1) is 22.9 Å². The van der Waals surface area contributed by atoms with Crippen molar-refractivity contribution in [2.24, 2.45) is 0 Å². The van der Waals surface area contributed by atoms with Crippen LogP contribution in [-0.4, -0.2) is 15.8 Å². The van der Waals surface area contributed by atoms with Crippen LogP contribution in [-0.2, 0) is 0 Å². The molecule has 0 atom stereocenters. The second-order valence-electron chi connectivity index (χ2n) is 4.21. The van der Waals surface area contributed by atoms with Crippen molar-refractivity contribution in [1.82, 2.24) is 4.98 Å². The Morgan fingerprint density at radius 2 is 2.10 bits per heavy atom. The fraction of sp³-hybridized carbons (Fsp3) is 0.0769. The molecule has 0 bridgehead atoms. The largest absolute Gasteiger partial charge is 0.322 e. The number of pyridine rings is 1. The van der Waals surface area contributed by atoms with Crippen LogP contribution in [0.5, 0.6) is 0 Å². The molecule has 6 nitrogen and oxygen atoms in total. The number of amides is 1. The molecule has 1 amide bonds. The lowest BCUT2D eigenvalue weighted by Crippen LogP contribution is -2.13. The molecule has 0 aliphatic rings. The monoisotopic (exact) mass is 309 g/mol. The predicted octanol–water partition coefficient (Wildman–Crippen LogP) is 3.34. The van der Waals surface area contributed by atoms with Crippen molar-refractivity contribution < 1.29 is 14.1 Å². The van der Waals surface area contributed by atoms with Gasteiger partial charge >= 0.3 is 0 Å². The van der Waals surface area contributed by atoms with Crippen molar-refractivity contribution >= 4 is 28.9 Å². The van der Waals surface area contributed by atoms with Crippen molar-refractivity contribution in [2.75, 3.05) is 5.32 Å². The normalized spacial score (nSPS) is 10.2. The Morgan fingerprint density at radius 1 is 1.38 bits per heavy atom. The second kappa shape index (κ2) is 5.84. The summed E-state index contributed by atoms with van der Waals surface area (Å²) in [5, 5.41) is 13.2. The lowest BCUT2D eigenvalue weighted by atomic mass is 10.2. The van der Waals surface area contributed by atoms with Gasteiger partial charge in [-0.25, -0.2) is 4.39 Å². The highest BCUT2D eigenvalue weighted by atomic mass is 35.5. The summed E-state index contributed by atoms with van der Waals surface area (Å²) in [7, 11) is 0. The highest BCUT2D eigenvalue weighted by Gasteiger charge is 2.15. The first-order chi connectivity index (χ1) is 9.86. The van der Waals surface area contributed by atoms with E-state index >= 15 is 0 Å². The lowest BCUT2D eigenvalue weighted by Gasteiger charge is -2.07. The van der Waals surface area contributed by atoms with Crippen LogP contribution in [0.1, 0.15) is 16.1 Å². The number of benzene rings is 1. The summed E-state index contributed by atoms with van der Waals surface area (Å²) in [5.74, 6) is -1.46. The number of halogens is 2. The Morgan fingerprint density at radius 3 is 2.71 bits per heavy atom. The van der Waals surface area contributed by atoms with Gasteiger partial charge in [-0.1, -0.05) is 11.6 Å². The minimum atomic E-state index is -0.826. The van der Waals surface area contributed by atoms with Crippen LogP contribution in [0.25, 0.3) is 0 Å². The van der Waals surface area contributed by atoms with Gasteiger partial charge in [-0.05, 0) is 19.1 Å². The molecule has 0 saturated carbocycles. The van der Waals surface area contributed by atoms with E-state index in [0.717, 1.165) is 18.2 Å². The van der Waals surface area contributed by atoms with Gasteiger partial charge in [0.2, 0.25) is 0 Å². The zero-order valence-electron chi connectivity index (χ0n) is 10.8. The average Bonchev–Trinajstić information content (AvgIpc) is 2.37. The SMILES string of the molecule is Cc1cc(Cl)c(C(=O)Nc2cc(F)cc([N+](=O)[O-])c2)cn1. The Balaban J connectivity index is 2.29. The van der Waals surface area contributed by atoms with Crippen molar-refractivity contribution in [2.45, 2.75) is 6.92 Å². The van der Waals surface area contributed by atoms with Gasteiger partial charge in [-0.15, -0.1) is 0 Å². The smallest absolute Gasteiger partial charge is 0.274 e. The number of aromatic nitrogens is 1. The summed E-state index contributed by atoms with van der Waals surface area (Å²) in [5.41, 5.74) is 0.230. The summed E-state index contributed by atoms with van der Waals surface area (Å²) in [6.45, 7) is 1.71. The molecule has 1 aromatic heterocycles. The molecular weight excluding hydrogens is 301 g/mol. The summed E-state index contributed by atoms with van der Waals surface area (Å²) in [4.78, 5) is 25.8. The van der Waals surface area contributed by atoms with Crippen LogP contribution in [0.3, 0.4) is 0 Å². The summed E-state index contributed by atoms with van der Waals surface area (Å²) in [6, 6.07) is 4.29. The van der Waals surface area contributed by atoms with Gasteiger partial charge in [-0.3, -0.25) is 19.9 Å². The molecule has 1 heterocycles. The van der Waals surface area contributed by atoms with Gasteiger partial charge in [0.1, 0.15) is 5.82 Å². The number of non-ortho nitro benzene ring substituents is 1. The van der Waals surface area contributed by atoms with Crippen LogP contribution in [0.15, 0.2) is 30.5 Å². The fourth-order valence-corrected chi connectivity index (χ4v) is 1.94. The Hall–Kier alpha value is -2.54. The Labute approximate surface area is 123 Å². The first-order valence-corrected chi connectivity index (χ1v) is 6.13. The molecule has 108 valence electrons. The van der Waals surface area contributed by atoms with Gasteiger partial charge in [-0.2, -0.15) is 0 Å². The lowest BCUT2D eigenvalue weighted by molar-refractivity contribution is -0.385. The van der Waals surface area contributed by atoms with Gasteiger partial charge < -0.3 is 5.32 Å². The predicted molar refractivity (Wildman–Crippen MR) is 75.0 cm³/mol. The zero-order valence-corrected chi connectivity index (χ0v) is 11.5. The maximum atomic E-state index is 13.3. The van der Waals surface area contributed by atoms with Crippen molar-refractivity contribution in [1.29, 1.82) is 0 Å². The molecule has 21 heavy (non-hydrogen) atoms. The van der Waals surface area contributed by atoms with E-state index in [4.69, 9.17) is 11.6 Å². The summed E-state index contributed by atoms with van der Waals surface area (Å²) >= 11 is 5.92. The molecule has 1 aromatic carbocycles. The minimum Gasteiger partial charge on any atom is -0.322 e. The number of nitro groups is 1. The summed E-state index contributed by atoms with van der Waals surface area (Å²) in [6.07, 6.45) is 1.28. The van der Waals surface area contributed by atoms with Gasteiger partial charge in [0.05, 0.1) is 27.3 Å². The van der Waals surface area contributed by atoms with E-state index in [9.17, 15) is 19.3 Å². The van der Waals surface area contributed by atoms with Crippen LogP contribution in [0.2, 0.25) is 5.02 Å². The van der Waals surface area contributed by atoms with E-state index in [1.165, 1.54) is 12.3 Å². The summed E-state index contributed by atoms with van der Waals surface area (Å²) < 4.78 is 13.3. The first-order valence-electron chi connectivity index (χ1n) is 5.75. The van der Waals surface area contributed by atoms with Crippen molar-refractivity contribution in [3.63, 3.8) is 0 Å². The Bertz CT molecular complexity index is 737. The third kappa shape index (κ3) is 3.51. The molecule has 0 aliphatic heterocycles. The number of nitrogens with zero attached hydrogens (tertiary/aromatic N) is 2.